The summed E-state index contributed by atoms with van der Waals surface area (Å²) in [5, 5.41) is 5.13. The molecule has 0 saturated heterocycles. The number of unbranched alkanes of at least 4 members (excludes halogenated alkanes) is 1. The molecule has 1 aromatic rings. The van der Waals surface area contributed by atoms with Crippen molar-refractivity contribution in [3.05, 3.63) is 42.1 Å². The largest absolute Gasteiger partial charge is 0.462 e. The number of esters is 1. The summed E-state index contributed by atoms with van der Waals surface area (Å²) in [7, 11) is 0. The van der Waals surface area contributed by atoms with E-state index in [1.807, 2.05) is 6.92 Å². The van der Waals surface area contributed by atoms with Gasteiger partial charge in [-0.05, 0) is 25.5 Å². The van der Waals surface area contributed by atoms with Gasteiger partial charge in [-0.25, -0.2) is 9.59 Å². The van der Waals surface area contributed by atoms with Crippen molar-refractivity contribution >= 4 is 17.7 Å². The highest BCUT2D eigenvalue weighted by Crippen LogP contribution is 2.16. The van der Waals surface area contributed by atoms with Gasteiger partial charge >= 0.3 is 12.0 Å². The molecule has 0 aromatic heterocycles. The van der Waals surface area contributed by atoms with Gasteiger partial charge in [-0.2, -0.15) is 0 Å². The van der Waals surface area contributed by atoms with Crippen molar-refractivity contribution < 1.29 is 14.3 Å². The molecule has 0 atom stereocenters. The molecule has 2 amide bonds. The first-order chi connectivity index (χ1) is 9.69. The van der Waals surface area contributed by atoms with Gasteiger partial charge in [0.05, 0.1) is 17.9 Å². The van der Waals surface area contributed by atoms with E-state index in [0.29, 0.717) is 17.9 Å². The van der Waals surface area contributed by atoms with Crippen molar-refractivity contribution in [1.29, 1.82) is 0 Å². The van der Waals surface area contributed by atoms with Gasteiger partial charge in [0.1, 0.15) is 0 Å². The standard InChI is InChI=1S/C15H20N2O3/c1-3-5-11-20-14(18)12-8-6-7-9-13(12)17-15(19)16-10-4-2/h4,6-10H,3,5,11H2,1-2H3,(H2,16,17,19)/b10-4+. The van der Waals surface area contributed by atoms with Crippen molar-refractivity contribution in [2.75, 3.05) is 11.9 Å². The van der Waals surface area contributed by atoms with Crippen LogP contribution in [0.25, 0.3) is 0 Å². The second-order valence-corrected chi connectivity index (χ2v) is 4.13. The van der Waals surface area contributed by atoms with E-state index >= 15 is 0 Å². The summed E-state index contributed by atoms with van der Waals surface area (Å²) in [5.41, 5.74) is 0.773. The van der Waals surface area contributed by atoms with Crippen LogP contribution >= 0.6 is 0 Å². The van der Waals surface area contributed by atoms with E-state index in [-0.39, 0.29) is 0 Å². The molecule has 108 valence electrons. The summed E-state index contributed by atoms with van der Waals surface area (Å²) in [4.78, 5) is 23.5. The number of amides is 2. The minimum absolute atomic E-state index is 0.347. The van der Waals surface area contributed by atoms with E-state index in [0.717, 1.165) is 12.8 Å². The summed E-state index contributed by atoms with van der Waals surface area (Å²) in [5.74, 6) is -0.430. The van der Waals surface area contributed by atoms with Gasteiger partial charge < -0.3 is 15.4 Å². The zero-order valence-electron chi connectivity index (χ0n) is 11.8. The van der Waals surface area contributed by atoms with Crippen LogP contribution in [0.15, 0.2) is 36.5 Å². The number of allylic oxidation sites excluding steroid dienone is 1. The molecule has 5 heteroatoms. The van der Waals surface area contributed by atoms with Crippen LogP contribution in [-0.2, 0) is 4.74 Å². The van der Waals surface area contributed by atoms with Crippen molar-refractivity contribution in [2.45, 2.75) is 26.7 Å². The number of urea groups is 1. The molecule has 2 N–H and O–H groups in total. The van der Waals surface area contributed by atoms with Crippen LogP contribution in [0.4, 0.5) is 10.5 Å². The molecule has 1 aromatic carbocycles. The highest BCUT2D eigenvalue weighted by atomic mass is 16.5. The predicted octanol–water partition coefficient (Wildman–Crippen LogP) is 3.30. The lowest BCUT2D eigenvalue weighted by atomic mass is 10.2. The van der Waals surface area contributed by atoms with Gasteiger partial charge in [0, 0.05) is 6.20 Å². The molecule has 0 aliphatic carbocycles. The lowest BCUT2D eigenvalue weighted by Gasteiger charge is -2.10. The Balaban J connectivity index is 2.72. The number of benzene rings is 1. The third-order valence-corrected chi connectivity index (χ3v) is 2.51. The molecule has 5 nitrogen and oxygen atoms in total. The Morgan fingerprint density at radius 3 is 2.75 bits per heavy atom. The molecule has 0 bridgehead atoms. The summed E-state index contributed by atoms with van der Waals surface area (Å²) in [6, 6.07) is 6.35. The zero-order chi connectivity index (χ0) is 14.8. The summed E-state index contributed by atoms with van der Waals surface area (Å²) >= 11 is 0. The van der Waals surface area contributed by atoms with Gasteiger partial charge in [-0.3, -0.25) is 0 Å². The summed E-state index contributed by atoms with van der Waals surface area (Å²) in [6.45, 7) is 4.20. The van der Waals surface area contributed by atoms with E-state index in [2.05, 4.69) is 10.6 Å². The third-order valence-electron chi connectivity index (χ3n) is 2.51. The zero-order valence-corrected chi connectivity index (χ0v) is 11.8. The SMILES string of the molecule is C/C=C/NC(=O)Nc1ccccc1C(=O)OCCCC. The Hall–Kier alpha value is -2.30. The van der Waals surface area contributed by atoms with Gasteiger partial charge in [-0.15, -0.1) is 0 Å². The summed E-state index contributed by atoms with van der Waals surface area (Å²) < 4.78 is 5.15. The number of nitrogens with one attached hydrogen (secondary N) is 2. The second-order valence-electron chi connectivity index (χ2n) is 4.13. The fourth-order valence-corrected chi connectivity index (χ4v) is 1.47. The Kier molecular flexibility index (Phi) is 6.89. The van der Waals surface area contributed by atoms with Crippen LogP contribution in [0.2, 0.25) is 0 Å². The lowest BCUT2D eigenvalue weighted by molar-refractivity contribution is 0.0501. The smallest absolute Gasteiger partial charge is 0.340 e. The van der Waals surface area contributed by atoms with E-state index in [4.69, 9.17) is 4.74 Å². The van der Waals surface area contributed by atoms with Crippen molar-refractivity contribution in [3.8, 4) is 0 Å². The normalized spacial score (nSPS) is 10.3. The number of para-hydroxylation sites is 1. The molecule has 0 heterocycles. The quantitative estimate of drug-likeness (QED) is 0.619. The highest BCUT2D eigenvalue weighted by Gasteiger charge is 2.13. The molecule has 0 radical (unpaired) electrons. The summed E-state index contributed by atoms with van der Waals surface area (Å²) in [6.07, 6.45) is 4.99. The molecular formula is C15H20N2O3. The maximum Gasteiger partial charge on any atom is 0.340 e. The van der Waals surface area contributed by atoms with Gasteiger partial charge in [-0.1, -0.05) is 31.6 Å². The monoisotopic (exact) mass is 276 g/mol. The van der Waals surface area contributed by atoms with E-state index in [9.17, 15) is 9.59 Å². The van der Waals surface area contributed by atoms with Crippen LogP contribution in [0.5, 0.6) is 0 Å². The number of ether oxygens (including phenoxy) is 1. The molecule has 0 spiro atoms. The average Bonchev–Trinajstić information content (AvgIpc) is 2.46. The molecule has 0 aliphatic rings. The Morgan fingerprint density at radius 2 is 2.05 bits per heavy atom. The number of hydrogen-bond donors (Lipinski definition) is 2. The van der Waals surface area contributed by atoms with E-state index in [1.165, 1.54) is 6.20 Å². The minimum Gasteiger partial charge on any atom is -0.462 e. The van der Waals surface area contributed by atoms with Crippen LogP contribution in [0.3, 0.4) is 0 Å². The first-order valence-electron chi connectivity index (χ1n) is 6.63. The van der Waals surface area contributed by atoms with Crippen LogP contribution in [0, 0.1) is 0 Å². The molecule has 0 saturated carbocycles. The van der Waals surface area contributed by atoms with Crippen molar-refractivity contribution in [3.63, 3.8) is 0 Å². The lowest BCUT2D eigenvalue weighted by Crippen LogP contribution is -2.25. The van der Waals surface area contributed by atoms with Crippen molar-refractivity contribution in [1.82, 2.24) is 5.32 Å². The van der Waals surface area contributed by atoms with Crippen LogP contribution in [-0.4, -0.2) is 18.6 Å². The van der Waals surface area contributed by atoms with Crippen LogP contribution < -0.4 is 10.6 Å². The Labute approximate surface area is 119 Å². The average molecular weight is 276 g/mol. The van der Waals surface area contributed by atoms with E-state index < -0.39 is 12.0 Å². The van der Waals surface area contributed by atoms with Crippen LogP contribution in [0.1, 0.15) is 37.0 Å². The predicted molar refractivity (Wildman–Crippen MR) is 78.6 cm³/mol. The minimum atomic E-state index is -0.430. The molecule has 0 fully saturated rings. The molecular weight excluding hydrogens is 256 g/mol. The van der Waals surface area contributed by atoms with Crippen molar-refractivity contribution in [2.24, 2.45) is 0 Å². The Bertz CT molecular complexity index is 484. The maximum absolute atomic E-state index is 11.9. The number of rotatable bonds is 6. The molecule has 1 rings (SSSR count). The molecule has 0 aliphatic heterocycles. The fraction of sp³-hybridized carbons (Fsp3) is 0.333. The molecule has 20 heavy (non-hydrogen) atoms. The maximum atomic E-state index is 11.9. The highest BCUT2D eigenvalue weighted by molar-refractivity contribution is 6.00. The number of carbonyl (C=O) groups is 2. The second kappa shape index (κ2) is 8.74. The fourth-order valence-electron chi connectivity index (χ4n) is 1.47. The third kappa shape index (κ3) is 5.14. The van der Waals surface area contributed by atoms with Gasteiger partial charge in [0.15, 0.2) is 0 Å². The van der Waals surface area contributed by atoms with Gasteiger partial charge in [0.25, 0.3) is 0 Å². The first kappa shape index (κ1) is 15.8. The van der Waals surface area contributed by atoms with E-state index in [1.54, 1.807) is 37.3 Å². The number of hydrogen-bond acceptors (Lipinski definition) is 3. The first-order valence-corrected chi connectivity index (χ1v) is 6.63. The Morgan fingerprint density at radius 1 is 1.30 bits per heavy atom. The molecule has 0 unspecified atom stereocenters. The topological polar surface area (TPSA) is 67.4 Å². The number of anilines is 1. The number of carbonyl (C=O) groups excluding carboxylic acids is 2. The van der Waals surface area contributed by atoms with Gasteiger partial charge in [0.2, 0.25) is 0 Å².